The van der Waals surface area contributed by atoms with E-state index in [-0.39, 0.29) is 16.4 Å². The molecule has 0 bridgehead atoms. The normalized spacial score (nSPS) is 19.7. The maximum absolute atomic E-state index is 13.6. The summed E-state index contributed by atoms with van der Waals surface area (Å²) in [6.07, 6.45) is -2.17. The number of methoxy groups -OCH3 is 1. The quantitative estimate of drug-likeness (QED) is 0.278. The van der Waals surface area contributed by atoms with Crippen LogP contribution < -0.4 is 0 Å². The van der Waals surface area contributed by atoms with Gasteiger partial charge in [0.1, 0.15) is 17.8 Å². The molecule has 0 saturated carbocycles. The highest BCUT2D eigenvalue weighted by molar-refractivity contribution is 7.95. The van der Waals surface area contributed by atoms with Gasteiger partial charge in [0.15, 0.2) is 6.29 Å². The summed E-state index contributed by atoms with van der Waals surface area (Å²) >= 11 is 0. The zero-order valence-electron chi connectivity index (χ0n) is 22.4. The van der Waals surface area contributed by atoms with Crippen LogP contribution in [0.15, 0.2) is 131 Å². The molecule has 1 N–H and O–H groups in total. The largest absolute Gasteiger partial charge is 0.385 e. The Morgan fingerprint density at radius 2 is 1.25 bits per heavy atom. The van der Waals surface area contributed by atoms with Gasteiger partial charge in [-0.1, -0.05) is 109 Å². The third kappa shape index (κ3) is 5.39. The number of aliphatic hydroxyl groups excluding tert-OH is 1. The molecular formula is C33H32O6S. The van der Waals surface area contributed by atoms with Crippen molar-refractivity contribution in [2.75, 3.05) is 13.7 Å². The molecule has 0 radical (unpaired) electrons. The predicted octanol–water partition coefficient (Wildman–Crippen LogP) is 5.39. The highest BCUT2D eigenvalue weighted by atomic mass is 32.2. The zero-order valence-corrected chi connectivity index (χ0v) is 23.2. The van der Waals surface area contributed by atoms with Gasteiger partial charge in [0, 0.05) is 7.11 Å². The van der Waals surface area contributed by atoms with Crippen molar-refractivity contribution < 1.29 is 27.7 Å². The molecule has 0 aromatic heterocycles. The van der Waals surface area contributed by atoms with E-state index in [4.69, 9.17) is 14.2 Å². The molecule has 4 aromatic carbocycles. The van der Waals surface area contributed by atoms with Gasteiger partial charge in [-0.05, 0) is 41.8 Å². The molecule has 1 aliphatic rings. The van der Waals surface area contributed by atoms with E-state index < -0.39 is 33.9 Å². The Morgan fingerprint density at radius 3 is 1.70 bits per heavy atom. The van der Waals surface area contributed by atoms with Gasteiger partial charge < -0.3 is 19.3 Å². The second kappa shape index (κ2) is 11.9. The molecule has 206 valence electrons. The molecule has 5 rings (SSSR count). The van der Waals surface area contributed by atoms with Gasteiger partial charge in [-0.3, -0.25) is 0 Å². The van der Waals surface area contributed by atoms with E-state index in [9.17, 15) is 13.5 Å². The van der Waals surface area contributed by atoms with Gasteiger partial charge in [0.2, 0.25) is 9.84 Å². The molecule has 3 atom stereocenters. The Bertz CT molecular complexity index is 1440. The van der Waals surface area contributed by atoms with Crippen LogP contribution in [0.25, 0.3) is 0 Å². The third-order valence-electron chi connectivity index (χ3n) is 7.13. The van der Waals surface area contributed by atoms with Crippen molar-refractivity contribution in [2.24, 2.45) is 0 Å². The molecule has 0 amide bonds. The number of aliphatic hydroxyl groups is 1. The van der Waals surface area contributed by atoms with Crippen LogP contribution in [0, 0.1) is 6.92 Å². The first-order chi connectivity index (χ1) is 19.4. The monoisotopic (exact) mass is 556 g/mol. The molecule has 0 spiro atoms. The van der Waals surface area contributed by atoms with Crippen LogP contribution in [-0.2, 0) is 29.6 Å². The van der Waals surface area contributed by atoms with Crippen LogP contribution in [0.1, 0.15) is 22.3 Å². The molecule has 4 aromatic rings. The molecule has 40 heavy (non-hydrogen) atoms. The van der Waals surface area contributed by atoms with Crippen molar-refractivity contribution in [3.05, 3.63) is 148 Å². The highest BCUT2D eigenvalue weighted by Gasteiger charge is 2.43. The molecule has 0 saturated heterocycles. The molecule has 6 nitrogen and oxygen atoms in total. The topological polar surface area (TPSA) is 82.1 Å². The minimum Gasteiger partial charge on any atom is -0.385 e. The lowest BCUT2D eigenvalue weighted by Crippen LogP contribution is -2.46. The maximum atomic E-state index is 13.6. The summed E-state index contributed by atoms with van der Waals surface area (Å²) in [4.78, 5) is -0.0835. The third-order valence-corrected chi connectivity index (χ3v) is 9.02. The van der Waals surface area contributed by atoms with Crippen molar-refractivity contribution in [3.8, 4) is 0 Å². The lowest BCUT2D eigenvalue weighted by Gasteiger charge is -2.39. The Labute approximate surface area is 235 Å². The number of aryl methyl sites for hydroxylation is 1. The highest BCUT2D eigenvalue weighted by Crippen LogP contribution is 2.41. The molecule has 0 fully saturated rings. The number of hydrogen-bond donors (Lipinski definition) is 1. The second-order valence-corrected chi connectivity index (χ2v) is 11.6. The van der Waals surface area contributed by atoms with E-state index in [1.54, 1.807) is 12.1 Å². The Kier molecular flexibility index (Phi) is 8.30. The molecule has 7 heteroatoms. The number of rotatable bonds is 9. The predicted molar refractivity (Wildman–Crippen MR) is 153 cm³/mol. The van der Waals surface area contributed by atoms with Gasteiger partial charge in [0.25, 0.3) is 0 Å². The van der Waals surface area contributed by atoms with Gasteiger partial charge in [-0.15, -0.1) is 0 Å². The maximum Gasteiger partial charge on any atom is 0.205 e. The first-order valence-electron chi connectivity index (χ1n) is 13.1. The summed E-state index contributed by atoms with van der Waals surface area (Å²) in [5.74, 6) is 0. The van der Waals surface area contributed by atoms with Crippen molar-refractivity contribution in [2.45, 2.75) is 35.9 Å². The van der Waals surface area contributed by atoms with Crippen LogP contribution in [0.4, 0.5) is 0 Å². The summed E-state index contributed by atoms with van der Waals surface area (Å²) in [5.41, 5.74) is 2.50. The van der Waals surface area contributed by atoms with Crippen molar-refractivity contribution in [1.29, 1.82) is 0 Å². The van der Waals surface area contributed by atoms with Crippen LogP contribution in [0.5, 0.6) is 0 Å². The van der Waals surface area contributed by atoms with E-state index >= 15 is 0 Å². The summed E-state index contributed by atoms with van der Waals surface area (Å²) < 4.78 is 45.4. The first-order valence-corrected chi connectivity index (χ1v) is 14.5. The van der Waals surface area contributed by atoms with Crippen molar-refractivity contribution in [1.82, 2.24) is 0 Å². The van der Waals surface area contributed by atoms with Gasteiger partial charge in [-0.25, -0.2) is 8.42 Å². The lowest BCUT2D eigenvalue weighted by molar-refractivity contribution is -0.184. The van der Waals surface area contributed by atoms with Gasteiger partial charge >= 0.3 is 0 Å². The fourth-order valence-corrected chi connectivity index (χ4v) is 6.56. The van der Waals surface area contributed by atoms with E-state index in [0.29, 0.717) is 0 Å². The fraction of sp³-hybridized carbons (Fsp3) is 0.212. The standard InChI is InChI=1S/C33H32O6S/c1-24-18-20-28(21-19-24)40(35,36)30-22-31(37-2)39-29(32(30)34)23-38-33(25-12-6-3-7-13-25,26-14-8-4-9-15-26)27-16-10-5-11-17-27/h3-22,29,31-32,34H,23H2,1-2H3/t29-,31-,32-/m1/s1. The van der Waals surface area contributed by atoms with Crippen LogP contribution in [0.2, 0.25) is 0 Å². The van der Waals surface area contributed by atoms with Gasteiger partial charge in [0.05, 0.1) is 16.4 Å². The number of sulfone groups is 1. The lowest BCUT2D eigenvalue weighted by atomic mass is 9.80. The van der Waals surface area contributed by atoms with Gasteiger partial charge in [-0.2, -0.15) is 0 Å². The number of hydrogen-bond acceptors (Lipinski definition) is 6. The number of benzene rings is 4. The Morgan fingerprint density at radius 1 is 0.775 bits per heavy atom. The van der Waals surface area contributed by atoms with E-state index in [2.05, 4.69) is 0 Å². The minimum absolute atomic E-state index is 0.0898. The SMILES string of the molecule is CO[C@H]1C=C(S(=O)(=O)c2ccc(C)cc2)[C@H](O)[C@@H](COC(c2ccccc2)(c2ccccc2)c2ccccc2)O1. The smallest absolute Gasteiger partial charge is 0.205 e. The fourth-order valence-electron chi connectivity index (χ4n) is 5.03. The van der Waals surface area contributed by atoms with Crippen LogP contribution >= 0.6 is 0 Å². The van der Waals surface area contributed by atoms with E-state index in [1.807, 2.05) is 97.9 Å². The zero-order chi connectivity index (χ0) is 28.2. The second-order valence-electron chi connectivity index (χ2n) is 9.70. The number of ether oxygens (including phenoxy) is 3. The van der Waals surface area contributed by atoms with E-state index in [1.165, 1.54) is 25.3 Å². The van der Waals surface area contributed by atoms with Crippen LogP contribution in [-0.4, -0.2) is 45.7 Å². The molecule has 0 unspecified atom stereocenters. The first kappa shape index (κ1) is 28.0. The van der Waals surface area contributed by atoms with E-state index in [0.717, 1.165) is 22.3 Å². The molecule has 0 aliphatic carbocycles. The summed E-state index contributed by atoms with van der Waals surface area (Å²) in [6, 6.07) is 35.9. The summed E-state index contributed by atoms with van der Waals surface area (Å²) in [7, 11) is -2.59. The molecule has 1 aliphatic heterocycles. The minimum atomic E-state index is -4.02. The Hall–Kier alpha value is -3.59. The average molecular weight is 557 g/mol. The Balaban J connectivity index is 1.55. The van der Waals surface area contributed by atoms with Crippen LogP contribution in [0.3, 0.4) is 0 Å². The summed E-state index contributed by atoms with van der Waals surface area (Å²) in [5, 5.41) is 11.4. The van der Waals surface area contributed by atoms with Crippen molar-refractivity contribution in [3.63, 3.8) is 0 Å². The van der Waals surface area contributed by atoms with Crippen molar-refractivity contribution >= 4 is 9.84 Å². The molecular weight excluding hydrogens is 524 g/mol. The molecule has 1 heterocycles. The summed E-state index contributed by atoms with van der Waals surface area (Å²) in [6.45, 7) is 1.76. The average Bonchev–Trinajstić information content (AvgIpc) is 3.00.